The molecule has 13 heteroatoms. The number of carbonyl (C=O) groups excluding carboxylic acids is 3. The first-order chi connectivity index (χ1) is 19.8. The number of aromatic nitrogens is 2. The van der Waals surface area contributed by atoms with E-state index in [-0.39, 0.29) is 23.8 Å². The summed E-state index contributed by atoms with van der Waals surface area (Å²) in [6.07, 6.45) is 0.311. The van der Waals surface area contributed by atoms with Crippen molar-refractivity contribution in [3.05, 3.63) is 86.6 Å². The van der Waals surface area contributed by atoms with E-state index in [4.69, 9.17) is 10.2 Å². The summed E-state index contributed by atoms with van der Waals surface area (Å²) in [6, 6.07) is 13.8. The third kappa shape index (κ3) is 6.26. The van der Waals surface area contributed by atoms with Crippen molar-refractivity contribution in [1.29, 1.82) is 0 Å². The maximum atomic E-state index is 12.9. The second kappa shape index (κ2) is 12.0. The Labute approximate surface area is 233 Å². The van der Waals surface area contributed by atoms with Crippen LogP contribution in [-0.2, 0) is 4.79 Å². The Morgan fingerprint density at radius 2 is 1.61 bits per heavy atom. The van der Waals surface area contributed by atoms with E-state index in [0.29, 0.717) is 60.6 Å². The number of carbonyl (C=O) groups is 3. The average Bonchev–Trinajstić information content (AvgIpc) is 3.48. The molecular weight excluding hydrogens is 530 g/mol. The summed E-state index contributed by atoms with van der Waals surface area (Å²) in [7, 11) is 0. The van der Waals surface area contributed by atoms with Crippen LogP contribution in [0.25, 0.3) is 22.4 Å². The van der Waals surface area contributed by atoms with Crippen molar-refractivity contribution in [2.45, 2.75) is 12.5 Å². The van der Waals surface area contributed by atoms with Crippen LogP contribution in [0, 0.1) is 0 Å². The molecule has 0 aliphatic carbocycles. The van der Waals surface area contributed by atoms with Crippen LogP contribution < -0.4 is 32.8 Å². The summed E-state index contributed by atoms with van der Waals surface area (Å²) in [5.74, 6) is -0.594. The van der Waals surface area contributed by atoms with Crippen LogP contribution in [0.2, 0.25) is 0 Å². The van der Waals surface area contributed by atoms with E-state index in [0.717, 1.165) is 0 Å². The minimum atomic E-state index is -0.803. The number of benzene rings is 2. The van der Waals surface area contributed by atoms with Gasteiger partial charge in [0, 0.05) is 43.0 Å². The number of furan rings is 1. The molecule has 4 aromatic rings. The van der Waals surface area contributed by atoms with Crippen molar-refractivity contribution in [1.82, 2.24) is 25.5 Å². The predicted molar refractivity (Wildman–Crippen MR) is 152 cm³/mol. The first-order valence-electron chi connectivity index (χ1n) is 13.1. The minimum absolute atomic E-state index is 0.0585. The molecule has 41 heavy (non-hydrogen) atoms. The van der Waals surface area contributed by atoms with Gasteiger partial charge in [0.15, 0.2) is 5.76 Å². The molecule has 1 unspecified atom stereocenters. The molecule has 1 aliphatic heterocycles. The molecule has 0 radical (unpaired) electrons. The molecule has 1 aliphatic rings. The molecule has 1 saturated heterocycles. The fraction of sp³-hybridized carbons (Fsp3) is 0.250. The highest BCUT2D eigenvalue weighted by Crippen LogP contribution is 2.24. The maximum absolute atomic E-state index is 12.9. The molecular formula is C28H29N7O6. The van der Waals surface area contributed by atoms with Crippen molar-refractivity contribution < 1.29 is 18.8 Å². The molecule has 3 heterocycles. The monoisotopic (exact) mass is 559 g/mol. The molecule has 7 N–H and O–H groups in total. The lowest BCUT2D eigenvalue weighted by Crippen LogP contribution is -2.54. The van der Waals surface area contributed by atoms with Gasteiger partial charge in [-0.3, -0.25) is 24.0 Å². The molecule has 2 aromatic carbocycles. The van der Waals surface area contributed by atoms with Gasteiger partial charge >= 0.3 is 11.1 Å². The van der Waals surface area contributed by atoms with E-state index >= 15 is 0 Å². The van der Waals surface area contributed by atoms with Crippen LogP contribution in [0.5, 0.6) is 0 Å². The molecule has 212 valence electrons. The number of piperazine rings is 1. The van der Waals surface area contributed by atoms with Crippen LogP contribution in [0.1, 0.15) is 27.3 Å². The lowest BCUT2D eigenvalue weighted by molar-refractivity contribution is -0.133. The van der Waals surface area contributed by atoms with Crippen molar-refractivity contribution in [2.75, 3.05) is 38.0 Å². The lowest BCUT2D eigenvalue weighted by Gasteiger charge is -2.31. The second-order valence-electron chi connectivity index (χ2n) is 9.54. The standard InChI is InChI=1S/C28H29N7O6/c29-10-9-20(28(40)35-13-11-30-12-14-35)33-25(37)23-8-7-22(41-23)16-1-4-18(5-2-16)31-24(36)17-3-6-19-21(15-17)34-27(39)26(38)32-19/h1-8,15,20,30H,9-14,29H2,(H,31,36)(H,32,38)(H,33,37)(H,34,39). The molecule has 13 nitrogen and oxygen atoms in total. The Morgan fingerprint density at radius 1 is 0.902 bits per heavy atom. The SMILES string of the molecule is NCCC(NC(=O)c1ccc(-c2ccc(NC(=O)c3ccc4[nH]c(=O)c(=O)[nH]c4c3)cc2)o1)C(=O)N1CCNCC1. The minimum Gasteiger partial charge on any atom is -0.451 e. The summed E-state index contributed by atoms with van der Waals surface area (Å²) in [5, 5.41) is 8.72. The van der Waals surface area contributed by atoms with Gasteiger partial charge in [-0.2, -0.15) is 0 Å². The lowest BCUT2D eigenvalue weighted by atomic mass is 10.1. The number of aromatic amines is 2. The number of amides is 3. The van der Waals surface area contributed by atoms with Gasteiger partial charge in [0.2, 0.25) is 5.91 Å². The van der Waals surface area contributed by atoms with E-state index in [1.807, 2.05) is 0 Å². The molecule has 0 saturated carbocycles. The number of nitrogens with one attached hydrogen (secondary N) is 5. The van der Waals surface area contributed by atoms with Crippen molar-refractivity contribution in [3.63, 3.8) is 0 Å². The van der Waals surface area contributed by atoms with Crippen LogP contribution in [0.3, 0.4) is 0 Å². The van der Waals surface area contributed by atoms with Gasteiger partial charge in [0.1, 0.15) is 11.8 Å². The van der Waals surface area contributed by atoms with E-state index in [1.54, 1.807) is 35.2 Å². The molecule has 1 fully saturated rings. The molecule has 0 spiro atoms. The number of hydrogen-bond acceptors (Lipinski definition) is 8. The highest BCUT2D eigenvalue weighted by molar-refractivity contribution is 6.06. The fourth-order valence-electron chi connectivity index (χ4n) is 4.55. The van der Waals surface area contributed by atoms with Crippen molar-refractivity contribution >= 4 is 34.4 Å². The first kappa shape index (κ1) is 27.6. The highest BCUT2D eigenvalue weighted by Gasteiger charge is 2.27. The normalized spacial score (nSPS) is 14.0. The van der Waals surface area contributed by atoms with Gasteiger partial charge in [-0.1, -0.05) is 0 Å². The fourth-order valence-corrected chi connectivity index (χ4v) is 4.55. The second-order valence-corrected chi connectivity index (χ2v) is 9.54. The Kier molecular flexibility index (Phi) is 8.08. The third-order valence-corrected chi connectivity index (χ3v) is 6.73. The largest absolute Gasteiger partial charge is 0.451 e. The summed E-state index contributed by atoms with van der Waals surface area (Å²) in [5.41, 5.74) is 6.32. The predicted octanol–water partition coefficient (Wildman–Crippen LogP) is 0.608. The molecule has 0 bridgehead atoms. The van der Waals surface area contributed by atoms with Crippen LogP contribution in [-0.4, -0.2) is 71.4 Å². The van der Waals surface area contributed by atoms with Crippen LogP contribution in [0.15, 0.2) is 68.6 Å². The molecule has 1 atom stereocenters. The smallest absolute Gasteiger partial charge is 0.314 e. The third-order valence-electron chi connectivity index (χ3n) is 6.73. The van der Waals surface area contributed by atoms with Gasteiger partial charge in [-0.25, -0.2) is 0 Å². The summed E-state index contributed by atoms with van der Waals surface area (Å²) in [4.78, 5) is 68.2. The number of hydrogen-bond donors (Lipinski definition) is 6. The zero-order chi connectivity index (χ0) is 28.9. The maximum Gasteiger partial charge on any atom is 0.314 e. The highest BCUT2D eigenvalue weighted by atomic mass is 16.4. The van der Waals surface area contributed by atoms with E-state index in [2.05, 4.69) is 25.9 Å². The Balaban J connectivity index is 1.23. The number of rotatable bonds is 8. The molecule has 5 rings (SSSR count). The van der Waals surface area contributed by atoms with Gasteiger partial charge < -0.3 is 41.0 Å². The Morgan fingerprint density at radius 3 is 2.32 bits per heavy atom. The molecule has 2 aromatic heterocycles. The van der Waals surface area contributed by atoms with Gasteiger partial charge in [0.05, 0.1) is 11.0 Å². The summed E-state index contributed by atoms with van der Waals surface area (Å²) >= 11 is 0. The first-order valence-corrected chi connectivity index (χ1v) is 13.1. The number of anilines is 1. The zero-order valence-corrected chi connectivity index (χ0v) is 22.0. The van der Waals surface area contributed by atoms with Crippen LogP contribution >= 0.6 is 0 Å². The zero-order valence-electron chi connectivity index (χ0n) is 22.0. The van der Waals surface area contributed by atoms with Gasteiger partial charge in [0.25, 0.3) is 11.8 Å². The quantitative estimate of drug-likeness (QED) is 0.169. The number of H-pyrrole nitrogens is 2. The Bertz CT molecular complexity index is 1700. The number of nitrogens with zero attached hydrogens (tertiary/aromatic N) is 1. The van der Waals surface area contributed by atoms with E-state index in [9.17, 15) is 24.0 Å². The number of fused-ring (bicyclic) bond motifs is 1. The van der Waals surface area contributed by atoms with Gasteiger partial charge in [-0.15, -0.1) is 0 Å². The summed E-state index contributed by atoms with van der Waals surface area (Å²) in [6.45, 7) is 2.79. The van der Waals surface area contributed by atoms with E-state index < -0.39 is 29.0 Å². The van der Waals surface area contributed by atoms with Crippen molar-refractivity contribution in [3.8, 4) is 11.3 Å². The number of nitrogens with two attached hydrogens (primary N) is 1. The topological polar surface area (TPSA) is 195 Å². The van der Waals surface area contributed by atoms with Gasteiger partial charge in [-0.05, 0) is 67.6 Å². The van der Waals surface area contributed by atoms with Crippen LogP contribution in [0.4, 0.5) is 5.69 Å². The van der Waals surface area contributed by atoms with Crippen molar-refractivity contribution in [2.24, 2.45) is 5.73 Å². The van der Waals surface area contributed by atoms with E-state index in [1.165, 1.54) is 24.3 Å². The Hall–Kier alpha value is -5.01. The summed E-state index contributed by atoms with van der Waals surface area (Å²) < 4.78 is 5.77. The average molecular weight is 560 g/mol. The molecule has 3 amide bonds.